The van der Waals surface area contributed by atoms with Gasteiger partial charge < -0.3 is 4.74 Å². The van der Waals surface area contributed by atoms with Crippen LogP contribution in [-0.4, -0.2) is 5.97 Å². The van der Waals surface area contributed by atoms with Gasteiger partial charge in [0.05, 0.1) is 5.56 Å². The number of esters is 1. The monoisotopic (exact) mass is 504 g/mol. The zero-order valence-corrected chi connectivity index (χ0v) is 21.9. The zero-order valence-electron chi connectivity index (χ0n) is 21.9. The van der Waals surface area contributed by atoms with Crippen LogP contribution < -0.4 is 4.74 Å². The van der Waals surface area contributed by atoms with Crippen LogP contribution in [0.2, 0.25) is 0 Å². The van der Waals surface area contributed by atoms with E-state index in [4.69, 9.17) is 4.74 Å². The summed E-state index contributed by atoms with van der Waals surface area (Å²) in [5.74, 6) is 0.182. The molecule has 0 saturated carbocycles. The van der Waals surface area contributed by atoms with Crippen molar-refractivity contribution >= 4 is 18.1 Å². The Morgan fingerprint density at radius 1 is 0.868 bits per heavy atom. The molecule has 0 fully saturated rings. The quantitative estimate of drug-likeness (QED) is 0.0932. The lowest BCUT2D eigenvalue weighted by Crippen LogP contribution is -2.08. The second-order valence-electron chi connectivity index (χ2n) is 9.47. The van der Waals surface area contributed by atoms with E-state index in [1.165, 1.54) is 11.1 Å². The Morgan fingerprint density at radius 3 is 2.26 bits per heavy atom. The highest BCUT2D eigenvalue weighted by Crippen LogP contribution is 2.23. The van der Waals surface area contributed by atoms with Gasteiger partial charge in [0, 0.05) is 5.56 Å². The number of allylic oxidation sites excluding steroid dienone is 2. The maximum absolute atomic E-state index is 14.8. The molecule has 0 bridgehead atoms. The average Bonchev–Trinajstić information content (AvgIpc) is 2.94. The molecule has 3 heteroatoms. The van der Waals surface area contributed by atoms with Crippen LogP contribution in [0.5, 0.6) is 5.75 Å². The zero-order chi connectivity index (χ0) is 26.7. The van der Waals surface area contributed by atoms with Gasteiger partial charge in [-0.3, -0.25) is 0 Å². The summed E-state index contributed by atoms with van der Waals surface area (Å²) in [5.41, 5.74) is 5.28. The summed E-state index contributed by atoms with van der Waals surface area (Å²) in [4.78, 5) is 12.5. The molecule has 0 aliphatic carbocycles. The molecule has 4 aromatic carbocycles. The molecular weight excluding hydrogens is 471 g/mol. The molecule has 0 N–H and O–H groups in total. The highest BCUT2D eigenvalue weighted by molar-refractivity contribution is 5.91. The molecule has 0 saturated heterocycles. The first-order valence-electron chi connectivity index (χ1n) is 13.1. The third-order valence-electron chi connectivity index (χ3n) is 6.55. The van der Waals surface area contributed by atoms with Gasteiger partial charge in [0.1, 0.15) is 11.6 Å². The minimum Gasteiger partial charge on any atom is -0.423 e. The van der Waals surface area contributed by atoms with Gasteiger partial charge in [0.15, 0.2) is 0 Å². The number of halogens is 1. The number of rotatable bonds is 10. The first-order valence-corrected chi connectivity index (χ1v) is 13.1. The number of carbonyl (C=O) groups excluding carboxylic acids is 1. The van der Waals surface area contributed by atoms with E-state index >= 15 is 0 Å². The van der Waals surface area contributed by atoms with E-state index in [9.17, 15) is 9.18 Å². The van der Waals surface area contributed by atoms with Crippen molar-refractivity contribution in [3.05, 3.63) is 148 Å². The Hall–Kier alpha value is -4.24. The largest absolute Gasteiger partial charge is 0.423 e. The fourth-order valence-electron chi connectivity index (χ4n) is 4.31. The third kappa shape index (κ3) is 7.63. The van der Waals surface area contributed by atoms with Gasteiger partial charge in [-0.05, 0) is 84.7 Å². The van der Waals surface area contributed by atoms with E-state index in [2.05, 4.69) is 25.1 Å². The summed E-state index contributed by atoms with van der Waals surface area (Å²) >= 11 is 0. The molecule has 38 heavy (non-hydrogen) atoms. The van der Waals surface area contributed by atoms with Crippen molar-refractivity contribution in [2.45, 2.75) is 39.0 Å². The number of ether oxygens (including phenoxy) is 1. The van der Waals surface area contributed by atoms with Crippen molar-refractivity contribution in [2.75, 3.05) is 0 Å². The van der Waals surface area contributed by atoms with Crippen molar-refractivity contribution in [1.29, 1.82) is 0 Å². The fraction of sp³-hybridized carbons (Fsp3) is 0.171. The van der Waals surface area contributed by atoms with Crippen molar-refractivity contribution in [1.82, 2.24) is 0 Å². The minimum absolute atomic E-state index is 0.243. The lowest BCUT2D eigenvalue weighted by Gasteiger charge is -2.12. The second kappa shape index (κ2) is 13.3. The van der Waals surface area contributed by atoms with Gasteiger partial charge in [0.25, 0.3) is 0 Å². The van der Waals surface area contributed by atoms with Gasteiger partial charge in [0.2, 0.25) is 0 Å². The number of carbonyl (C=O) groups is 1. The summed E-state index contributed by atoms with van der Waals surface area (Å²) < 4.78 is 20.3. The number of benzene rings is 4. The predicted octanol–water partition coefficient (Wildman–Crippen LogP) is 9.07. The SMILES string of the molecule is CC=CCCc1ccc(OC(=O)c2ccc(C=Cc3ccc(C[C@@H](C)c4ccccc4)cc3F)cc2)cc1. The van der Waals surface area contributed by atoms with Crippen LogP contribution in [-0.2, 0) is 12.8 Å². The normalized spacial score (nSPS) is 12.2. The molecule has 0 aliphatic heterocycles. The van der Waals surface area contributed by atoms with Crippen molar-refractivity contribution in [2.24, 2.45) is 0 Å². The molecule has 4 rings (SSSR count). The lowest BCUT2D eigenvalue weighted by molar-refractivity contribution is 0.0734. The molecule has 4 aromatic rings. The lowest BCUT2D eigenvalue weighted by atomic mass is 9.93. The molecule has 0 amide bonds. The summed E-state index contributed by atoms with van der Waals surface area (Å²) in [6, 6.07) is 30.4. The van der Waals surface area contributed by atoms with Gasteiger partial charge in [-0.1, -0.05) is 98.0 Å². The summed E-state index contributed by atoms with van der Waals surface area (Å²) in [7, 11) is 0. The van der Waals surface area contributed by atoms with Gasteiger partial charge in [-0.25, -0.2) is 9.18 Å². The van der Waals surface area contributed by atoms with Crippen LogP contribution in [0.25, 0.3) is 12.2 Å². The van der Waals surface area contributed by atoms with E-state index in [0.29, 0.717) is 22.8 Å². The Balaban J connectivity index is 1.33. The molecule has 0 aromatic heterocycles. The molecule has 2 nitrogen and oxygen atoms in total. The van der Waals surface area contributed by atoms with E-state index in [1.54, 1.807) is 24.3 Å². The molecule has 0 heterocycles. The predicted molar refractivity (Wildman–Crippen MR) is 155 cm³/mol. The van der Waals surface area contributed by atoms with Gasteiger partial charge >= 0.3 is 5.97 Å². The average molecular weight is 505 g/mol. The molecule has 1 atom stereocenters. The summed E-state index contributed by atoms with van der Waals surface area (Å²) in [6.07, 6.45) is 10.5. The topological polar surface area (TPSA) is 26.3 Å². The second-order valence-corrected chi connectivity index (χ2v) is 9.47. The number of hydrogen-bond donors (Lipinski definition) is 0. The maximum Gasteiger partial charge on any atom is 0.343 e. The van der Waals surface area contributed by atoms with Crippen LogP contribution in [0.15, 0.2) is 109 Å². The Kier molecular flexibility index (Phi) is 9.42. The molecule has 0 aliphatic rings. The van der Waals surface area contributed by atoms with E-state index in [1.807, 2.05) is 85.8 Å². The van der Waals surface area contributed by atoms with Gasteiger partial charge in [-0.15, -0.1) is 0 Å². The van der Waals surface area contributed by atoms with Crippen LogP contribution in [0.1, 0.15) is 64.4 Å². The van der Waals surface area contributed by atoms with Crippen molar-refractivity contribution in [3.63, 3.8) is 0 Å². The third-order valence-corrected chi connectivity index (χ3v) is 6.55. The number of aryl methyl sites for hydroxylation is 1. The Labute approximate surface area is 225 Å². The molecule has 0 radical (unpaired) electrons. The summed E-state index contributed by atoms with van der Waals surface area (Å²) in [6.45, 7) is 4.17. The van der Waals surface area contributed by atoms with Crippen LogP contribution >= 0.6 is 0 Å². The summed E-state index contributed by atoms with van der Waals surface area (Å²) in [5, 5.41) is 0. The van der Waals surface area contributed by atoms with Crippen LogP contribution in [0, 0.1) is 5.82 Å². The maximum atomic E-state index is 14.8. The number of hydrogen-bond acceptors (Lipinski definition) is 2. The van der Waals surface area contributed by atoms with E-state index < -0.39 is 5.97 Å². The Bertz CT molecular complexity index is 1380. The fourth-order valence-corrected chi connectivity index (χ4v) is 4.31. The minimum atomic E-state index is -0.409. The van der Waals surface area contributed by atoms with Crippen molar-refractivity contribution < 1.29 is 13.9 Å². The molecular formula is C35H33FO2. The van der Waals surface area contributed by atoms with E-state index in [-0.39, 0.29) is 5.82 Å². The van der Waals surface area contributed by atoms with Crippen LogP contribution in [0.4, 0.5) is 4.39 Å². The van der Waals surface area contributed by atoms with E-state index in [0.717, 1.165) is 30.4 Å². The molecule has 0 spiro atoms. The van der Waals surface area contributed by atoms with Crippen LogP contribution in [0.3, 0.4) is 0 Å². The Morgan fingerprint density at radius 2 is 1.58 bits per heavy atom. The molecule has 0 unspecified atom stereocenters. The highest BCUT2D eigenvalue weighted by Gasteiger charge is 2.10. The first kappa shape index (κ1) is 26.8. The van der Waals surface area contributed by atoms with Gasteiger partial charge in [-0.2, -0.15) is 0 Å². The molecule has 192 valence electrons. The highest BCUT2D eigenvalue weighted by atomic mass is 19.1. The first-order chi connectivity index (χ1) is 18.5. The van der Waals surface area contributed by atoms with Crippen molar-refractivity contribution in [3.8, 4) is 5.75 Å². The standard InChI is InChI=1S/C35H33FO2/c1-3-4-6-9-27-16-22-33(23-17-27)38-35(37)32-20-13-28(14-21-32)12-18-31-19-15-29(25-34(31)36)24-26(2)30-10-7-5-8-11-30/h3-5,7-8,10-23,25-26H,6,9,24H2,1-2H3/t26-/m1/s1. The smallest absolute Gasteiger partial charge is 0.343 e.